The van der Waals surface area contributed by atoms with Crippen LogP contribution in [0.5, 0.6) is 5.88 Å². The number of hydrogen-bond acceptors (Lipinski definition) is 3. The van der Waals surface area contributed by atoms with Crippen molar-refractivity contribution in [3.63, 3.8) is 0 Å². The Labute approximate surface area is 146 Å². The minimum Gasteiger partial charge on any atom is -0.473 e. The van der Waals surface area contributed by atoms with Crippen molar-refractivity contribution in [1.82, 2.24) is 14.7 Å². The van der Waals surface area contributed by atoms with E-state index < -0.39 is 0 Å². The van der Waals surface area contributed by atoms with Gasteiger partial charge in [0.1, 0.15) is 11.9 Å². The molecule has 0 radical (unpaired) electrons. The van der Waals surface area contributed by atoms with Crippen LogP contribution in [0, 0.1) is 5.82 Å². The third-order valence-electron chi connectivity index (χ3n) is 4.81. The van der Waals surface area contributed by atoms with E-state index in [1.165, 1.54) is 12.1 Å². The fourth-order valence-electron chi connectivity index (χ4n) is 3.33. The SMILES string of the molecule is CN1CCC(Oc2nn(Cc3ccc(F)cc3)c3ccccc23)CC1. The maximum atomic E-state index is 13.1. The summed E-state index contributed by atoms with van der Waals surface area (Å²) in [7, 11) is 2.14. The van der Waals surface area contributed by atoms with Crippen molar-refractivity contribution < 1.29 is 9.13 Å². The number of para-hydroxylation sites is 1. The van der Waals surface area contributed by atoms with E-state index in [9.17, 15) is 4.39 Å². The first kappa shape index (κ1) is 16.1. The molecule has 0 amide bonds. The number of fused-ring (bicyclic) bond motifs is 1. The number of halogens is 1. The molecule has 0 bridgehead atoms. The number of piperidine rings is 1. The fourth-order valence-corrected chi connectivity index (χ4v) is 3.33. The van der Waals surface area contributed by atoms with Gasteiger partial charge in [0, 0.05) is 13.1 Å². The maximum Gasteiger partial charge on any atom is 0.241 e. The molecule has 0 spiro atoms. The third-order valence-corrected chi connectivity index (χ3v) is 4.81. The molecule has 1 aliphatic rings. The van der Waals surface area contributed by atoms with Crippen molar-refractivity contribution in [3.05, 3.63) is 59.9 Å². The summed E-state index contributed by atoms with van der Waals surface area (Å²) in [6, 6.07) is 14.7. The summed E-state index contributed by atoms with van der Waals surface area (Å²) in [6.45, 7) is 2.70. The zero-order valence-electron chi connectivity index (χ0n) is 14.4. The minimum absolute atomic E-state index is 0.216. The second kappa shape index (κ2) is 6.84. The van der Waals surface area contributed by atoms with E-state index in [2.05, 4.69) is 11.9 Å². The number of aromatic nitrogens is 2. The molecule has 2 heterocycles. The molecule has 1 saturated heterocycles. The predicted molar refractivity (Wildman–Crippen MR) is 96.4 cm³/mol. The average molecular weight is 339 g/mol. The average Bonchev–Trinajstić information content (AvgIpc) is 2.97. The van der Waals surface area contributed by atoms with Crippen LogP contribution in [0.25, 0.3) is 10.9 Å². The zero-order valence-corrected chi connectivity index (χ0v) is 14.4. The molecule has 0 N–H and O–H groups in total. The lowest BCUT2D eigenvalue weighted by molar-refractivity contribution is 0.110. The van der Waals surface area contributed by atoms with Crippen LogP contribution in [0.1, 0.15) is 18.4 Å². The standard InChI is InChI=1S/C20H22FN3O/c1-23-12-10-17(11-13-23)25-20-18-4-2-3-5-19(18)24(22-20)14-15-6-8-16(21)9-7-15/h2-9,17H,10-14H2,1H3. The Morgan fingerprint density at radius 2 is 1.80 bits per heavy atom. The summed E-state index contributed by atoms with van der Waals surface area (Å²) in [5, 5.41) is 5.74. The van der Waals surface area contributed by atoms with Gasteiger partial charge in [0.05, 0.1) is 17.4 Å². The van der Waals surface area contributed by atoms with Gasteiger partial charge in [-0.15, -0.1) is 5.10 Å². The molecule has 0 aliphatic carbocycles. The quantitative estimate of drug-likeness (QED) is 0.726. The molecule has 3 aromatic rings. The lowest BCUT2D eigenvalue weighted by Crippen LogP contribution is -2.35. The Hall–Kier alpha value is -2.40. The largest absolute Gasteiger partial charge is 0.473 e. The van der Waals surface area contributed by atoms with Crippen LogP contribution in [-0.2, 0) is 6.54 Å². The van der Waals surface area contributed by atoms with Gasteiger partial charge in [0.15, 0.2) is 0 Å². The van der Waals surface area contributed by atoms with Gasteiger partial charge in [0.25, 0.3) is 0 Å². The highest BCUT2D eigenvalue weighted by molar-refractivity contribution is 5.84. The molecular weight excluding hydrogens is 317 g/mol. The number of nitrogens with zero attached hydrogens (tertiary/aromatic N) is 3. The highest BCUT2D eigenvalue weighted by Gasteiger charge is 2.21. The van der Waals surface area contributed by atoms with Gasteiger partial charge < -0.3 is 9.64 Å². The van der Waals surface area contributed by atoms with Gasteiger partial charge in [-0.2, -0.15) is 0 Å². The minimum atomic E-state index is -0.222. The first-order chi connectivity index (χ1) is 12.2. The number of hydrogen-bond donors (Lipinski definition) is 0. The summed E-state index contributed by atoms with van der Waals surface area (Å²) < 4.78 is 21.3. The summed E-state index contributed by atoms with van der Waals surface area (Å²) in [6.07, 6.45) is 2.26. The molecule has 0 unspecified atom stereocenters. The number of ether oxygens (including phenoxy) is 1. The van der Waals surface area contributed by atoms with Gasteiger partial charge in [0.2, 0.25) is 5.88 Å². The summed E-state index contributed by atoms with van der Waals surface area (Å²) in [5.74, 6) is 0.479. The first-order valence-electron chi connectivity index (χ1n) is 8.74. The van der Waals surface area contributed by atoms with E-state index in [0.717, 1.165) is 42.4 Å². The highest BCUT2D eigenvalue weighted by atomic mass is 19.1. The van der Waals surface area contributed by atoms with Crippen LogP contribution >= 0.6 is 0 Å². The molecule has 0 atom stereocenters. The molecular formula is C20H22FN3O. The molecule has 5 heteroatoms. The van der Waals surface area contributed by atoms with Gasteiger partial charge in [-0.3, -0.25) is 4.68 Å². The van der Waals surface area contributed by atoms with E-state index in [1.54, 1.807) is 12.1 Å². The van der Waals surface area contributed by atoms with Crippen LogP contribution < -0.4 is 4.74 Å². The van der Waals surface area contributed by atoms with Gasteiger partial charge in [-0.25, -0.2) is 4.39 Å². The third kappa shape index (κ3) is 3.51. The summed E-state index contributed by atoms with van der Waals surface area (Å²) >= 11 is 0. The van der Waals surface area contributed by atoms with Crippen LogP contribution in [0.3, 0.4) is 0 Å². The molecule has 0 saturated carbocycles. The predicted octanol–water partition coefficient (Wildman–Crippen LogP) is 3.70. The fraction of sp³-hybridized carbons (Fsp3) is 0.350. The summed E-state index contributed by atoms with van der Waals surface area (Å²) in [5.41, 5.74) is 2.05. The van der Waals surface area contributed by atoms with Crippen LogP contribution in [0.15, 0.2) is 48.5 Å². The Morgan fingerprint density at radius 1 is 1.08 bits per heavy atom. The van der Waals surface area contributed by atoms with Crippen molar-refractivity contribution in [3.8, 4) is 5.88 Å². The Bertz CT molecular complexity index is 851. The number of likely N-dealkylation sites (tertiary alicyclic amines) is 1. The van der Waals surface area contributed by atoms with Gasteiger partial charge >= 0.3 is 0 Å². The normalized spacial score (nSPS) is 16.4. The molecule has 4 nitrogen and oxygen atoms in total. The van der Waals surface area contributed by atoms with Crippen LogP contribution in [0.4, 0.5) is 4.39 Å². The van der Waals surface area contributed by atoms with Crippen molar-refractivity contribution in [2.24, 2.45) is 0 Å². The lowest BCUT2D eigenvalue weighted by Gasteiger charge is -2.28. The molecule has 130 valence electrons. The van der Waals surface area contributed by atoms with Crippen molar-refractivity contribution in [2.75, 3.05) is 20.1 Å². The van der Waals surface area contributed by atoms with Gasteiger partial charge in [-0.05, 0) is 49.7 Å². The summed E-state index contributed by atoms with van der Waals surface area (Å²) in [4.78, 5) is 2.32. The van der Waals surface area contributed by atoms with Crippen LogP contribution in [0.2, 0.25) is 0 Å². The molecule has 1 fully saturated rings. The Kier molecular flexibility index (Phi) is 4.40. The zero-order chi connectivity index (χ0) is 17.2. The lowest BCUT2D eigenvalue weighted by atomic mass is 10.1. The molecule has 25 heavy (non-hydrogen) atoms. The van der Waals surface area contributed by atoms with Crippen molar-refractivity contribution >= 4 is 10.9 Å². The second-order valence-electron chi connectivity index (χ2n) is 6.73. The number of rotatable bonds is 4. The van der Waals surface area contributed by atoms with Crippen molar-refractivity contribution in [2.45, 2.75) is 25.5 Å². The second-order valence-corrected chi connectivity index (χ2v) is 6.73. The molecule has 1 aromatic heterocycles. The highest BCUT2D eigenvalue weighted by Crippen LogP contribution is 2.28. The van der Waals surface area contributed by atoms with E-state index in [4.69, 9.17) is 9.84 Å². The smallest absolute Gasteiger partial charge is 0.241 e. The van der Waals surface area contributed by atoms with E-state index in [-0.39, 0.29) is 11.9 Å². The van der Waals surface area contributed by atoms with Crippen LogP contribution in [-0.4, -0.2) is 40.9 Å². The maximum absolute atomic E-state index is 13.1. The van der Waals surface area contributed by atoms with E-state index in [0.29, 0.717) is 12.4 Å². The Morgan fingerprint density at radius 3 is 2.56 bits per heavy atom. The van der Waals surface area contributed by atoms with E-state index in [1.807, 2.05) is 28.9 Å². The molecule has 4 rings (SSSR count). The van der Waals surface area contributed by atoms with E-state index >= 15 is 0 Å². The number of benzene rings is 2. The molecule has 1 aliphatic heterocycles. The molecule has 2 aromatic carbocycles. The Balaban J connectivity index is 1.60. The monoisotopic (exact) mass is 339 g/mol. The first-order valence-corrected chi connectivity index (χ1v) is 8.74. The van der Waals surface area contributed by atoms with Gasteiger partial charge in [-0.1, -0.05) is 24.3 Å². The van der Waals surface area contributed by atoms with Crippen molar-refractivity contribution in [1.29, 1.82) is 0 Å². The topological polar surface area (TPSA) is 30.3 Å².